The van der Waals surface area contributed by atoms with Crippen LogP contribution in [0.3, 0.4) is 0 Å². The number of nitrogens with one attached hydrogen (secondary N) is 1. The van der Waals surface area contributed by atoms with Crippen LogP contribution in [0.25, 0.3) is 5.65 Å². The average molecular weight is 336 g/mol. The highest BCUT2D eigenvalue weighted by Gasteiger charge is 2.21. The van der Waals surface area contributed by atoms with Gasteiger partial charge in [-0.15, -0.1) is 0 Å². The van der Waals surface area contributed by atoms with E-state index >= 15 is 0 Å². The van der Waals surface area contributed by atoms with Gasteiger partial charge in [-0.05, 0) is 18.8 Å². The maximum Gasteiger partial charge on any atom is 0.322 e. The monoisotopic (exact) mass is 336 g/mol. The molecule has 3 N–H and O–H groups in total. The van der Waals surface area contributed by atoms with E-state index in [0.717, 1.165) is 12.8 Å². The molecule has 2 rings (SSSR count). The number of carbonyl (C=O) groups is 2. The molecular formula is C15H20N4O5. The molecule has 0 radical (unpaired) electrons. The summed E-state index contributed by atoms with van der Waals surface area (Å²) in [7, 11) is 0. The van der Waals surface area contributed by atoms with E-state index in [1.165, 1.54) is 16.9 Å². The molecular weight excluding hydrogens is 316 g/mol. The summed E-state index contributed by atoms with van der Waals surface area (Å²) in [6, 6.07) is 1.27. The molecule has 0 bridgehead atoms. The number of amides is 1. The number of hydrogen-bond acceptors (Lipinski definition) is 6. The minimum Gasteiger partial charge on any atom is -0.507 e. The Kier molecular flexibility index (Phi) is 5.56. The number of fused-ring (bicyclic) bond motifs is 1. The summed E-state index contributed by atoms with van der Waals surface area (Å²) in [5.41, 5.74) is -0.0555. The summed E-state index contributed by atoms with van der Waals surface area (Å²) >= 11 is 0. The van der Waals surface area contributed by atoms with E-state index in [1.807, 2.05) is 0 Å². The summed E-state index contributed by atoms with van der Waals surface area (Å²) in [6.45, 7) is 4.11. The van der Waals surface area contributed by atoms with Gasteiger partial charge in [0.15, 0.2) is 5.65 Å². The van der Waals surface area contributed by atoms with E-state index < -0.39 is 18.4 Å². The standard InChI is InChI=1S/C15H20N4O5/c1-9(2)4-3-5-24-11-6-10(20)13(14-17-8-18-19(11)14)15(23)16-7-12(21)22/h6,8-9,20H,3-5,7H2,1-2H3,(H,16,23)(H,21,22). The molecule has 2 aromatic rings. The zero-order valence-electron chi connectivity index (χ0n) is 13.5. The zero-order chi connectivity index (χ0) is 17.7. The Hall–Kier alpha value is -2.84. The van der Waals surface area contributed by atoms with Crippen LogP contribution in [-0.4, -0.2) is 49.8 Å². The quantitative estimate of drug-likeness (QED) is 0.615. The zero-order valence-corrected chi connectivity index (χ0v) is 13.5. The Morgan fingerprint density at radius 1 is 1.42 bits per heavy atom. The fraction of sp³-hybridized carbons (Fsp3) is 0.467. The van der Waals surface area contributed by atoms with Crippen molar-refractivity contribution in [3.63, 3.8) is 0 Å². The first-order valence-electron chi connectivity index (χ1n) is 7.58. The first-order valence-corrected chi connectivity index (χ1v) is 7.58. The van der Waals surface area contributed by atoms with Crippen LogP contribution in [0.2, 0.25) is 0 Å². The maximum absolute atomic E-state index is 12.1. The molecule has 130 valence electrons. The number of nitrogens with zero attached hydrogens (tertiary/aromatic N) is 3. The van der Waals surface area contributed by atoms with Gasteiger partial charge in [0.25, 0.3) is 5.91 Å². The van der Waals surface area contributed by atoms with Gasteiger partial charge in [-0.2, -0.15) is 9.61 Å². The molecule has 0 saturated carbocycles. The molecule has 2 aromatic heterocycles. The van der Waals surface area contributed by atoms with Gasteiger partial charge in [0.1, 0.15) is 24.2 Å². The number of ether oxygens (including phenoxy) is 1. The van der Waals surface area contributed by atoms with Crippen LogP contribution >= 0.6 is 0 Å². The highest BCUT2D eigenvalue weighted by atomic mass is 16.5. The summed E-state index contributed by atoms with van der Waals surface area (Å²) < 4.78 is 6.91. The number of aromatic nitrogens is 3. The molecule has 0 aliphatic heterocycles. The molecule has 0 spiro atoms. The van der Waals surface area contributed by atoms with E-state index in [1.54, 1.807) is 0 Å². The molecule has 9 nitrogen and oxygen atoms in total. The van der Waals surface area contributed by atoms with E-state index in [9.17, 15) is 14.7 Å². The van der Waals surface area contributed by atoms with Crippen molar-refractivity contribution in [3.8, 4) is 11.6 Å². The molecule has 9 heteroatoms. The van der Waals surface area contributed by atoms with Gasteiger partial charge in [0, 0.05) is 6.07 Å². The molecule has 24 heavy (non-hydrogen) atoms. The van der Waals surface area contributed by atoms with Gasteiger partial charge in [-0.1, -0.05) is 13.8 Å². The number of carbonyl (C=O) groups excluding carboxylic acids is 1. The highest BCUT2D eigenvalue weighted by Crippen LogP contribution is 2.27. The lowest BCUT2D eigenvalue weighted by Gasteiger charge is -2.12. The van der Waals surface area contributed by atoms with E-state index in [4.69, 9.17) is 9.84 Å². The van der Waals surface area contributed by atoms with Crippen LogP contribution in [0.5, 0.6) is 11.6 Å². The van der Waals surface area contributed by atoms with E-state index in [-0.39, 0.29) is 22.8 Å². The summed E-state index contributed by atoms with van der Waals surface area (Å²) in [5, 5.41) is 24.9. The van der Waals surface area contributed by atoms with Crippen LogP contribution < -0.4 is 10.1 Å². The normalized spacial score (nSPS) is 11.0. The second-order valence-corrected chi connectivity index (χ2v) is 5.70. The third-order valence-electron chi connectivity index (χ3n) is 3.30. The van der Waals surface area contributed by atoms with Crippen LogP contribution in [0.15, 0.2) is 12.4 Å². The van der Waals surface area contributed by atoms with E-state index in [0.29, 0.717) is 12.5 Å². The molecule has 0 atom stereocenters. The first-order chi connectivity index (χ1) is 11.4. The van der Waals surface area contributed by atoms with Crippen LogP contribution in [-0.2, 0) is 4.79 Å². The third kappa shape index (κ3) is 4.12. The average Bonchev–Trinajstić information content (AvgIpc) is 2.98. The predicted molar refractivity (Wildman–Crippen MR) is 84.2 cm³/mol. The van der Waals surface area contributed by atoms with Gasteiger partial charge in [0.2, 0.25) is 5.88 Å². The van der Waals surface area contributed by atoms with Crippen LogP contribution in [0, 0.1) is 5.92 Å². The molecule has 0 saturated heterocycles. The van der Waals surface area contributed by atoms with Gasteiger partial charge in [-0.3, -0.25) is 9.59 Å². The van der Waals surface area contributed by atoms with Gasteiger partial charge >= 0.3 is 5.97 Å². The SMILES string of the molecule is CC(C)CCCOc1cc(O)c(C(=O)NCC(=O)O)c2ncnn12. The number of hydrogen-bond donors (Lipinski definition) is 3. The van der Waals surface area contributed by atoms with Crippen LogP contribution in [0.1, 0.15) is 37.0 Å². The second kappa shape index (κ2) is 7.62. The lowest BCUT2D eigenvalue weighted by Crippen LogP contribution is -2.29. The summed E-state index contributed by atoms with van der Waals surface area (Å²) in [5.74, 6) is -1.46. The number of rotatable bonds is 8. The number of carboxylic acids is 1. The molecule has 0 fully saturated rings. The summed E-state index contributed by atoms with van der Waals surface area (Å²) in [4.78, 5) is 26.6. The lowest BCUT2D eigenvalue weighted by molar-refractivity contribution is -0.135. The van der Waals surface area contributed by atoms with Crippen molar-refractivity contribution in [2.45, 2.75) is 26.7 Å². The molecule has 2 heterocycles. The molecule has 0 aliphatic rings. The van der Waals surface area contributed by atoms with Crippen molar-refractivity contribution in [2.75, 3.05) is 13.2 Å². The van der Waals surface area contributed by atoms with Crippen molar-refractivity contribution in [2.24, 2.45) is 5.92 Å². The first kappa shape index (κ1) is 17.5. The van der Waals surface area contributed by atoms with Gasteiger partial charge in [0.05, 0.1) is 6.61 Å². The fourth-order valence-corrected chi connectivity index (χ4v) is 2.17. The topological polar surface area (TPSA) is 126 Å². The number of pyridine rings is 1. The van der Waals surface area contributed by atoms with Crippen LogP contribution in [0.4, 0.5) is 0 Å². The number of aromatic hydroxyl groups is 1. The summed E-state index contributed by atoms with van der Waals surface area (Å²) in [6.07, 6.45) is 3.07. The Balaban J connectivity index is 2.22. The Labute approximate surface area is 138 Å². The minimum atomic E-state index is -1.19. The molecule has 0 unspecified atom stereocenters. The van der Waals surface area contributed by atoms with Crippen molar-refractivity contribution in [3.05, 3.63) is 18.0 Å². The maximum atomic E-state index is 12.1. The Bertz CT molecular complexity index is 741. The molecule has 1 amide bonds. The Morgan fingerprint density at radius 3 is 2.83 bits per heavy atom. The fourth-order valence-electron chi connectivity index (χ4n) is 2.17. The van der Waals surface area contributed by atoms with Crippen molar-refractivity contribution in [1.29, 1.82) is 0 Å². The molecule has 0 aliphatic carbocycles. The van der Waals surface area contributed by atoms with Crippen molar-refractivity contribution in [1.82, 2.24) is 19.9 Å². The van der Waals surface area contributed by atoms with Gasteiger partial charge in [-0.25, -0.2) is 4.98 Å². The predicted octanol–water partition coefficient (Wildman–Crippen LogP) is 1.06. The minimum absolute atomic E-state index is 0.0942. The smallest absolute Gasteiger partial charge is 0.322 e. The third-order valence-corrected chi connectivity index (χ3v) is 3.30. The highest BCUT2D eigenvalue weighted by molar-refractivity contribution is 6.03. The van der Waals surface area contributed by atoms with Crippen molar-refractivity contribution >= 4 is 17.5 Å². The van der Waals surface area contributed by atoms with E-state index in [2.05, 4.69) is 29.2 Å². The van der Waals surface area contributed by atoms with Gasteiger partial charge < -0.3 is 20.3 Å². The lowest BCUT2D eigenvalue weighted by atomic mass is 10.1. The Morgan fingerprint density at radius 2 is 2.17 bits per heavy atom. The second-order valence-electron chi connectivity index (χ2n) is 5.70. The molecule has 0 aromatic carbocycles. The number of carboxylic acid groups (broad SMARTS) is 1. The van der Waals surface area contributed by atoms with Crippen molar-refractivity contribution < 1.29 is 24.5 Å². The number of aliphatic carboxylic acids is 1. The largest absolute Gasteiger partial charge is 0.507 e.